The Morgan fingerprint density at radius 1 is 0.968 bits per heavy atom. The van der Waals surface area contributed by atoms with Gasteiger partial charge in [0.25, 0.3) is 0 Å². The van der Waals surface area contributed by atoms with Crippen LogP contribution in [0.1, 0.15) is 21.5 Å². The molecular weight excluding hydrogens is 428 g/mol. The molecule has 0 aliphatic rings. The molecule has 0 aliphatic carbocycles. The molecule has 0 saturated heterocycles. The lowest BCUT2D eigenvalue weighted by Gasteiger charge is -2.10. The average Bonchev–Trinajstić information content (AvgIpc) is 3.44. The number of thioether (sulfide) groups is 1. The third kappa shape index (κ3) is 5.10. The smallest absolute Gasteiger partial charge is 0.217 e. The van der Waals surface area contributed by atoms with Crippen LogP contribution in [0.2, 0.25) is 0 Å². The Bertz CT molecular complexity index is 1190. The highest BCUT2D eigenvalue weighted by molar-refractivity contribution is 7.99. The van der Waals surface area contributed by atoms with E-state index in [9.17, 15) is 9.59 Å². The third-order valence-electron chi connectivity index (χ3n) is 4.46. The third-order valence-corrected chi connectivity index (χ3v) is 6.52. The summed E-state index contributed by atoms with van der Waals surface area (Å²) < 4.78 is 1.98. The van der Waals surface area contributed by atoms with Crippen molar-refractivity contribution in [3.05, 3.63) is 82.6 Å². The lowest BCUT2D eigenvalue weighted by atomic mass is 10.2. The minimum Gasteiger partial charge on any atom is -0.351 e. The Labute approximate surface area is 188 Å². The van der Waals surface area contributed by atoms with Crippen LogP contribution in [0, 0.1) is 0 Å². The van der Waals surface area contributed by atoms with Gasteiger partial charge in [-0.15, -0.1) is 21.5 Å². The molecule has 0 aliphatic heterocycles. The van der Waals surface area contributed by atoms with Gasteiger partial charge in [-0.25, -0.2) is 0 Å². The number of ketones is 1. The van der Waals surface area contributed by atoms with E-state index in [1.165, 1.54) is 30.0 Å². The number of para-hydroxylation sites is 1. The van der Waals surface area contributed by atoms with Crippen molar-refractivity contribution in [2.24, 2.45) is 0 Å². The van der Waals surface area contributed by atoms with E-state index in [0.29, 0.717) is 16.6 Å². The van der Waals surface area contributed by atoms with Crippen LogP contribution in [0.15, 0.2) is 78.0 Å². The summed E-state index contributed by atoms with van der Waals surface area (Å²) in [5, 5.41) is 12.2. The summed E-state index contributed by atoms with van der Waals surface area (Å²) in [5.74, 6) is 0.912. The predicted molar refractivity (Wildman–Crippen MR) is 124 cm³/mol. The highest BCUT2D eigenvalue weighted by atomic mass is 32.2. The van der Waals surface area contributed by atoms with E-state index in [2.05, 4.69) is 15.5 Å². The second-order valence-electron chi connectivity index (χ2n) is 6.73. The number of hydrogen-bond donors (Lipinski definition) is 1. The fourth-order valence-corrected chi connectivity index (χ4v) is 4.79. The maximum absolute atomic E-state index is 12.7. The number of carbonyl (C=O) groups is 2. The van der Waals surface area contributed by atoms with Gasteiger partial charge in [0.15, 0.2) is 16.8 Å². The minimum atomic E-state index is -0.0914. The van der Waals surface area contributed by atoms with Gasteiger partial charge in [-0.3, -0.25) is 14.2 Å². The molecule has 1 amide bonds. The zero-order valence-electron chi connectivity index (χ0n) is 16.8. The number of amides is 1. The summed E-state index contributed by atoms with van der Waals surface area (Å²) in [7, 11) is 0. The van der Waals surface area contributed by atoms with E-state index < -0.39 is 0 Å². The number of benzene rings is 2. The van der Waals surface area contributed by atoms with E-state index in [0.717, 1.165) is 22.0 Å². The van der Waals surface area contributed by atoms with E-state index in [4.69, 9.17) is 0 Å². The van der Waals surface area contributed by atoms with E-state index in [1.54, 1.807) is 0 Å². The van der Waals surface area contributed by atoms with E-state index in [-0.39, 0.29) is 17.4 Å². The molecule has 31 heavy (non-hydrogen) atoms. The van der Waals surface area contributed by atoms with Crippen LogP contribution in [0.5, 0.6) is 0 Å². The number of nitrogens with zero attached hydrogens (tertiary/aromatic N) is 3. The molecule has 2 aromatic carbocycles. The summed E-state index contributed by atoms with van der Waals surface area (Å²) in [6.07, 6.45) is 0. The molecule has 8 heteroatoms. The first-order valence-electron chi connectivity index (χ1n) is 9.67. The largest absolute Gasteiger partial charge is 0.351 e. The van der Waals surface area contributed by atoms with Crippen LogP contribution in [-0.4, -0.2) is 32.2 Å². The molecule has 0 atom stereocenters. The summed E-state index contributed by atoms with van der Waals surface area (Å²) in [5.41, 5.74) is 1.90. The molecule has 1 N–H and O–H groups in total. The number of aromatic nitrogens is 3. The van der Waals surface area contributed by atoms with Gasteiger partial charge in [0, 0.05) is 23.1 Å². The fourth-order valence-electron chi connectivity index (χ4n) is 2.98. The molecule has 0 bridgehead atoms. The zero-order valence-corrected chi connectivity index (χ0v) is 18.5. The van der Waals surface area contributed by atoms with Gasteiger partial charge < -0.3 is 5.32 Å². The maximum atomic E-state index is 12.7. The number of carbonyl (C=O) groups excluding carboxylic acids is 2. The average molecular weight is 449 g/mol. The number of nitrogens with one attached hydrogen (secondary N) is 1. The molecule has 0 saturated carbocycles. The quantitative estimate of drug-likeness (QED) is 0.315. The van der Waals surface area contributed by atoms with E-state index in [1.807, 2.05) is 77.4 Å². The Morgan fingerprint density at radius 2 is 1.68 bits per heavy atom. The lowest BCUT2D eigenvalue weighted by molar-refractivity contribution is -0.119. The number of rotatable bonds is 8. The standard InChI is InChI=1S/C23H20N4O2S2/c1-16(28)24-14-19-12-13-21(31-19)20(29)15-30-23-26-25-22(17-8-4-2-5-9-17)27(23)18-10-6-3-7-11-18/h2-13H,14-15H2,1H3,(H,24,28). The topological polar surface area (TPSA) is 76.9 Å². The first-order chi connectivity index (χ1) is 15.1. The first-order valence-corrected chi connectivity index (χ1v) is 11.5. The fraction of sp³-hybridized carbons (Fsp3) is 0.130. The van der Waals surface area contributed by atoms with Gasteiger partial charge in [0.2, 0.25) is 5.91 Å². The van der Waals surface area contributed by atoms with Gasteiger partial charge in [0.1, 0.15) is 0 Å². The van der Waals surface area contributed by atoms with Crippen molar-refractivity contribution in [3.8, 4) is 17.1 Å². The monoisotopic (exact) mass is 448 g/mol. The zero-order chi connectivity index (χ0) is 21.6. The van der Waals surface area contributed by atoms with Gasteiger partial charge >= 0.3 is 0 Å². The molecule has 2 aromatic heterocycles. The maximum Gasteiger partial charge on any atom is 0.217 e. The van der Waals surface area contributed by atoms with Gasteiger partial charge in [-0.2, -0.15) is 0 Å². The van der Waals surface area contributed by atoms with Crippen molar-refractivity contribution in [1.29, 1.82) is 0 Å². The SMILES string of the molecule is CC(=O)NCc1ccc(C(=O)CSc2nnc(-c3ccccc3)n2-c2ccccc2)s1. The van der Waals surface area contributed by atoms with Gasteiger partial charge in [-0.1, -0.05) is 60.3 Å². The Hall–Kier alpha value is -3.23. The number of hydrogen-bond acceptors (Lipinski definition) is 6. The van der Waals surface area contributed by atoms with Crippen molar-refractivity contribution in [2.75, 3.05) is 5.75 Å². The van der Waals surface area contributed by atoms with Crippen molar-refractivity contribution >= 4 is 34.8 Å². The van der Waals surface area contributed by atoms with Crippen molar-refractivity contribution in [2.45, 2.75) is 18.6 Å². The Balaban J connectivity index is 1.54. The molecule has 4 rings (SSSR count). The number of thiophene rings is 1. The molecule has 0 radical (unpaired) electrons. The van der Waals surface area contributed by atoms with Crippen molar-refractivity contribution in [1.82, 2.24) is 20.1 Å². The molecule has 0 unspecified atom stereocenters. The molecule has 6 nitrogen and oxygen atoms in total. The predicted octanol–water partition coefficient (Wildman–Crippen LogP) is 4.61. The van der Waals surface area contributed by atoms with Crippen LogP contribution >= 0.6 is 23.1 Å². The van der Waals surface area contributed by atoms with Crippen LogP contribution < -0.4 is 5.32 Å². The van der Waals surface area contributed by atoms with Crippen molar-refractivity contribution < 1.29 is 9.59 Å². The Kier molecular flexibility index (Phi) is 6.59. The van der Waals surface area contributed by atoms with Crippen LogP contribution in [-0.2, 0) is 11.3 Å². The molecule has 0 fully saturated rings. The summed E-state index contributed by atoms with van der Waals surface area (Å²) in [4.78, 5) is 25.4. The van der Waals surface area contributed by atoms with Crippen molar-refractivity contribution in [3.63, 3.8) is 0 Å². The second-order valence-corrected chi connectivity index (χ2v) is 8.84. The Morgan fingerprint density at radius 3 is 2.39 bits per heavy atom. The first kappa shape index (κ1) is 21.0. The summed E-state index contributed by atoms with van der Waals surface area (Å²) in [6, 6.07) is 23.4. The minimum absolute atomic E-state index is 0.0212. The normalized spacial score (nSPS) is 10.7. The molecule has 2 heterocycles. The van der Waals surface area contributed by atoms with E-state index >= 15 is 0 Å². The van der Waals surface area contributed by atoms with Gasteiger partial charge in [0.05, 0.1) is 17.2 Å². The number of Topliss-reactive ketones (excluding diaryl/α,β-unsaturated/α-hetero) is 1. The van der Waals surface area contributed by atoms with Crippen LogP contribution in [0.4, 0.5) is 0 Å². The lowest BCUT2D eigenvalue weighted by Crippen LogP contribution is -2.18. The molecule has 0 spiro atoms. The van der Waals surface area contributed by atoms with Gasteiger partial charge in [-0.05, 0) is 24.3 Å². The highest BCUT2D eigenvalue weighted by Crippen LogP contribution is 2.29. The summed E-state index contributed by atoms with van der Waals surface area (Å²) in [6.45, 7) is 1.91. The van der Waals surface area contributed by atoms with Crippen LogP contribution in [0.25, 0.3) is 17.1 Å². The molecule has 4 aromatic rings. The molecular formula is C23H20N4O2S2. The molecule has 156 valence electrons. The highest BCUT2D eigenvalue weighted by Gasteiger charge is 2.18. The second kappa shape index (κ2) is 9.72. The summed E-state index contributed by atoms with van der Waals surface area (Å²) >= 11 is 2.76. The van der Waals surface area contributed by atoms with Crippen LogP contribution in [0.3, 0.4) is 0 Å².